The van der Waals surface area contributed by atoms with Crippen LogP contribution in [0.5, 0.6) is 0 Å². The number of nitrogens with zero attached hydrogens (tertiary/aromatic N) is 3. The van der Waals surface area contributed by atoms with E-state index < -0.39 is 0 Å². The SMILES string of the molecule is Cc1ccccc1N1CCN(c2ccc(C(=O)NCCCNC(=O)C3CC3)cc2NC(=O)c2coc(C3CC3)n2)CC1. The number of amides is 3. The summed E-state index contributed by atoms with van der Waals surface area (Å²) in [6.45, 7) is 6.32. The summed E-state index contributed by atoms with van der Waals surface area (Å²) in [6.07, 6.45) is 6.06. The third kappa shape index (κ3) is 6.58. The zero-order chi connectivity index (χ0) is 29.1. The number of nitrogens with one attached hydrogen (secondary N) is 3. The number of hydrogen-bond donors (Lipinski definition) is 3. The van der Waals surface area contributed by atoms with E-state index in [9.17, 15) is 14.4 Å². The summed E-state index contributed by atoms with van der Waals surface area (Å²) in [6, 6.07) is 13.8. The van der Waals surface area contributed by atoms with E-state index >= 15 is 0 Å². The molecule has 2 aromatic carbocycles. The molecule has 3 fully saturated rings. The van der Waals surface area contributed by atoms with Crippen molar-refractivity contribution in [1.82, 2.24) is 15.6 Å². The van der Waals surface area contributed by atoms with Crippen molar-refractivity contribution in [2.75, 3.05) is 54.4 Å². The number of oxazole rings is 1. The predicted molar refractivity (Wildman–Crippen MR) is 161 cm³/mol. The molecule has 0 radical (unpaired) electrons. The molecule has 0 bridgehead atoms. The number of para-hydroxylation sites is 1. The van der Waals surface area contributed by atoms with Gasteiger partial charge in [0.25, 0.3) is 11.8 Å². The van der Waals surface area contributed by atoms with Crippen molar-refractivity contribution in [2.45, 2.75) is 44.9 Å². The largest absolute Gasteiger partial charge is 0.448 e. The van der Waals surface area contributed by atoms with Gasteiger partial charge >= 0.3 is 0 Å². The van der Waals surface area contributed by atoms with Crippen LogP contribution in [0.25, 0.3) is 0 Å². The van der Waals surface area contributed by atoms with E-state index in [1.807, 2.05) is 6.07 Å². The molecule has 2 heterocycles. The third-order valence-corrected chi connectivity index (χ3v) is 8.15. The summed E-state index contributed by atoms with van der Waals surface area (Å²) < 4.78 is 5.54. The van der Waals surface area contributed by atoms with Crippen molar-refractivity contribution >= 4 is 34.8 Å². The van der Waals surface area contributed by atoms with Crippen LogP contribution in [0.1, 0.15) is 70.3 Å². The van der Waals surface area contributed by atoms with E-state index in [1.54, 1.807) is 12.1 Å². The smallest absolute Gasteiger partial charge is 0.277 e. The number of hydrogen-bond acceptors (Lipinski definition) is 7. The topological polar surface area (TPSA) is 120 Å². The fraction of sp³-hybridized carbons (Fsp3) is 0.438. The van der Waals surface area contributed by atoms with Crippen LogP contribution in [0.3, 0.4) is 0 Å². The second-order valence-corrected chi connectivity index (χ2v) is 11.5. The molecular weight excluding hydrogens is 532 g/mol. The van der Waals surface area contributed by atoms with Crippen molar-refractivity contribution in [2.24, 2.45) is 5.92 Å². The lowest BCUT2D eigenvalue weighted by atomic mass is 10.1. The van der Waals surface area contributed by atoms with Gasteiger partial charge in [0.15, 0.2) is 11.6 Å². The lowest BCUT2D eigenvalue weighted by molar-refractivity contribution is -0.122. The van der Waals surface area contributed by atoms with E-state index in [1.165, 1.54) is 17.5 Å². The maximum Gasteiger partial charge on any atom is 0.277 e. The van der Waals surface area contributed by atoms with Gasteiger partial charge in [-0.25, -0.2) is 4.98 Å². The van der Waals surface area contributed by atoms with Gasteiger partial charge < -0.3 is 30.2 Å². The molecule has 1 aliphatic heterocycles. The fourth-order valence-corrected chi connectivity index (χ4v) is 5.35. The lowest BCUT2D eigenvalue weighted by Crippen LogP contribution is -2.47. The highest BCUT2D eigenvalue weighted by Crippen LogP contribution is 2.39. The van der Waals surface area contributed by atoms with Crippen molar-refractivity contribution in [3.05, 3.63) is 71.4 Å². The third-order valence-electron chi connectivity index (χ3n) is 8.15. The van der Waals surface area contributed by atoms with Gasteiger partial charge in [-0.1, -0.05) is 18.2 Å². The maximum absolute atomic E-state index is 13.2. The Kier molecular flexibility index (Phi) is 8.12. The molecule has 3 amide bonds. The summed E-state index contributed by atoms with van der Waals surface area (Å²) in [5.74, 6) is 0.597. The summed E-state index contributed by atoms with van der Waals surface area (Å²) >= 11 is 0. The number of carbonyl (C=O) groups is 3. The van der Waals surface area contributed by atoms with Gasteiger partial charge in [-0.05, 0) is 68.9 Å². The Morgan fingerprint density at radius 1 is 0.881 bits per heavy atom. The molecule has 10 heteroatoms. The van der Waals surface area contributed by atoms with Crippen LogP contribution in [0, 0.1) is 12.8 Å². The molecule has 2 aliphatic carbocycles. The Morgan fingerprint density at radius 3 is 2.31 bits per heavy atom. The van der Waals surface area contributed by atoms with Crippen LogP contribution in [0.15, 0.2) is 53.1 Å². The Balaban J connectivity index is 1.13. The highest BCUT2D eigenvalue weighted by atomic mass is 16.3. The van der Waals surface area contributed by atoms with Crippen LogP contribution in [0.2, 0.25) is 0 Å². The Hall–Kier alpha value is -4.34. The van der Waals surface area contributed by atoms with E-state index in [4.69, 9.17) is 4.42 Å². The van der Waals surface area contributed by atoms with Crippen LogP contribution >= 0.6 is 0 Å². The molecule has 1 saturated heterocycles. The first-order valence-electron chi connectivity index (χ1n) is 15.0. The zero-order valence-electron chi connectivity index (χ0n) is 24.0. The number of aryl methyl sites for hydroxylation is 1. The number of rotatable bonds is 11. The highest BCUT2D eigenvalue weighted by Gasteiger charge is 2.30. The summed E-state index contributed by atoms with van der Waals surface area (Å²) in [5.41, 5.74) is 4.59. The van der Waals surface area contributed by atoms with Crippen molar-refractivity contribution in [3.63, 3.8) is 0 Å². The molecule has 3 aliphatic rings. The lowest BCUT2D eigenvalue weighted by Gasteiger charge is -2.38. The molecule has 0 unspecified atom stereocenters. The second kappa shape index (κ2) is 12.3. The first kappa shape index (κ1) is 27.8. The molecule has 3 N–H and O–H groups in total. The average Bonchev–Trinajstić information content (AvgIpc) is 3.95. The summed E-state index contributed by atoms with van der Waals surface area (Å²) in [7, 11) is 0. The highest BCUT2D eigenvalue weighted by molar-refractivity contribution is 6.06. The Labute approximate surface area is 245 Å². The first-order valence-corrected chi connectivity index (χ1v) is 15.0. The predicted octanol–water partition coefficient (Wildman–Crippen LogP) is 4.09. The zero-order valence-corrected chi connectivity index (χ0v) is 24.0. The molecular formula is C32H38N6O4. The number of anilines is 3. The quantitative estimate of drug-likeness (QED) is 0.297. The van der Waals surface area contributed by atoms with E-state index in [2.05, 4.69) is 61.9 Å². The first-order chi connectivity index (χ1) is 20.5. The van der Waals surface area contributed by atoms with E-state index in [-0.39, 0.29) is 29.3 Å². The van der Waals surface area contributed by atoms with Gasteiger partial charge in [0.1, 0.15) is 6.26 Å². The molecule has 0 spiro atoms. The normalized spacial score (nSPS) is 16.7. The van der Waals surface area contributed by atoms with Gasteiger partial charge in [-0.2, -0.15) is 0 Å². The van der Waals surface area contributed by atoms with Crippen LogP contribution in [-0.4, -0.2) is 62.0 Å². The van der Waals surface area contributed by atoms with Gasteiger partial charge in [0, 0.05) is 62.4 Å². The van der Waals surface area contributed by atoms with Crippen LogP contribution in [-0.2, 0) is 4.79 Å². The Bertz CT molecular complexity index is 1450. The minimum absolute atomic E-state index is 0.105. The number of aromatic nitrogens is 1. The molecule has 2 saturated carbocycles. The van der Waals surface area contributed by atoms with Crippen molar-refractivity contribution in [1.29, 1.82) is 0 Å². The monoisotopic (exact) mass is 570 g/mol. The summed E-state index contributed by atoms with van der Waals surface area (Å²) in [4.78, 5) is 47.1. The number of carbonyl (C=O) groups excluding carboxylic acids is 3. The fourth-order valence-electron chi connectivity index (χ4n) is 5.35. The van der Waals surface area contributed by atoms with Gasteiger partial charge in [0.05, 0.1) is 11.4 Å². The van der Waals surface area contributed by atoms with Gasteiger partial charge in [-0.15, -0.1) is 0 Å². The molecule has 42 heavy (non-hydrogen) atoms. The molecule has 220 valence electrons. The second-order valence-electron chi connectivity index (χ2n) is 11.5. The van der Waals surface area contributed by atoms with Crippen LogP contribution in [0.4, 0.5) is 17.1 Å². The minimum atomic E-state index is -0.366. The molecule has 0 atom stereocenters. The Morgan fingerprint density at radius 2 is 1.60 bits per heavy atom. The van der Waals surface area contributed by atoms with Gasteiger partial charge in [0.2, 0.25) is 5.91 Å². The van der Waals surface area contributed by atoms with E-state index in [0.29, 0.717) is 42.6 Å². The maximum atomic E-state index is 13.2. The standard InChI is InChI=1S/C32H38N6O4/c1-21-5-2-3-6-27(21)37-15-17-38(18-16-37)28-12-11-24(30(40)34-14-4-13-33-29(39)22-7-8-22)19-25(28)35-31(41)26-20-42-32(36-26)23-9-10-23/h2-3,5-6,11-12,19-20,22-23H,4,7-10,13-18H2,1H3,(H,33,39)(H,34,40)(H,35,41). The number of benzene rings is 2. The average molecular weight is 571 g/mol. The van der Waals surface area contributed by atoms with Crippen molar-refractivity contribution < 1.29 is 18.8 Å². The summed E-state index contributed by atoms with van der Waals surface area (Å²) in [5, 5.41) is 8.85. The minimum Gasteiger partial charge on any atom is -0.448 e. The molecule has 1 aromatic heterocycles. The van der Waals surface area contributed by atoms with Crippen LogP contribution < -0.4 is 25.8 Å². The van der Waals surface area contributed by atoms with E-state index in [0.717, 1.165) is 57.5 Å². The van der Waals surface area contributed by atoms with Gasteiger partial charge in [-0.3, -0.25) is 14.4 Å². The molecule has 10 nitrogen and oxygen atoms in total. The van der Waals surface area contributed by atoms with Crippen molar-refractivity contribution in [3.8, 4) is 0 Å². The molecule has 3 aromatic rings. The molecule has 6 rings (SSSR count). The number of piperazine rings is 1.